The molecule has 7 aromatic carbocycles. The second-order valence-corrected chi connectivity index (χ2v) is 13.4. The van der Waals surface area contributed by atoms with Crippen LogP contribution in [0.5, 0.6) is 0 Å². The van der Waals surface area contributed by atoms with Crippen molar-refractivity contribution >= 4 is 64.0 Å². The molecule has 0 amide bonds. The molecule has 0 aliphatic carbocycles. The third-order valence-corrected chi connectivity index (χ3v) is 8.81. The van der Waals surface area contributed by atoms with Crippen molar-refractivity contribution in [1.29, 1.82) is 0 Å². The van der Waals surface area contributed by atoms with Crippen molar-refractivity contribution in [3.8, 4) is 22.3 Å². The van der Waals surface area contributed by atoms with Crippen molar-refractivity contribution in [3.63, 3.8) is 0 Å². The van der Waals surface area contributed by atoms with Crippen LogP contribution in [0.25, 0.3) is 54.6 Å². The molecule has 0 aliphatic rings. The molecular weight excluding hydrogens is 731 g/mol. The van der Waals surface area contributed by atoms with E-state index in [1.54, 1.807) is 0 Å². The Kier molecular flexibility index (Phi) is 17.2. The van der Waals surface area contributed by atoms with E-state index >= 15 is 0 Å². The van der Waals surface area contributed by atoms with E-state index in [4.69, 9.17) is 0 Å². The SMILES string of the molecule is CC(C)c1cc2c(-c3ccc4ccccc4c3)cccc2[cH-]1.Cc1cc2c(-c3ccc(C(C)(C)C)cc3)ccc(C)c2[cH-]1.Cl.Cl.[CH3-].[CH3-].[Si]=[Zr]. The molecule has 0 saturated carbocycles. The van der Waals surface area contributed by atoms with Gasteiger partial charge in [-0.2, -0.15) is 12.1 Å². The molecule has 0 fully saturated rings. The number of halogens is 2. The molecule has 0 aromatic heterocycles. The van der Waals surface area contributed by atoms with Gasteiger partial charge in [-0.15, -0.1) is 93.4 Å². The van der Waals surface area contributed by atoms with Gasteiger partial charge in [-0.05, 0) is 44.9 Å². The summed E-state index contributed by atoms with van der Waals surface area (Å²) in [7, 11) is 0. The van der Waals surface area contributed by atoms with E-state index in [2.05, 4.69) is 177 Å². The van der Waals surface area contributed by atoms with Crippen molar-refractivity contribution in [2.24, 2.45) is 0 Å². The predicted octanol–water partition coefficient (Wildman–Crippen LogP) is 14.0. The average molecular weight is 781 g/mol. The quantitative estimate of drug-likeness (QED) is 0.124. The van der Waals surface area contributed by atoms with Crippen molar-refractivity contribution in [1.82, 2.24) is 0 Å². The van der Waals surface area contributed by atoms with Gasteiger partial charge in [0.15, 0.2) is 0 Å². The van der Waals surface area contributed by atoms with Gasteiger partial charge in [-0.1, -0.05) is 132 Å². The molecule has 0 spiro atoms. The number of hydrogen-bond donors (Lipinski definition) is 0. The van der Waals surface area contributed by atoms with Crippen LogP contribution in [0.1, 0.15) is 62.8 Å². The van der Waals surface area contributed by atoms with Crippen molar-refractivity contribution in [2.75, 3.05) is 0 Å². The summed E-state index contributed by atoms with van der Waals surface area (Å²) in [4.78, 5) is 0. The molecule has 0 N–H and O–H groups in total. The Morgan fingerprint density at radius 2 is 1.22 bits per heavy atom. The van der Waals surface area contributed by atoms with E-state index < -0.39 is 0 Å². The molecule has 7 aromatic rings. The van der Waals surface area contributed by atoms with Crippen LogP contribution in [0.2, 0.25) is 0 Å². The van der Waals surface area contributed by atoms with Gasteiger partial charge in [0.25, 0.3) is 0 Å². The third kappa shape index (κ3) is 9.95. The van der Waals surface area contributed by atoms with E-state index in [-0.39, 0.29) is 45.1 Å². The third-order valence-electron chi connectivity index (χ3n) is 8.81. The number of hydrogen-bond acceptors (Lipinski definition) is 0. The summed E-state index contributed by atoms with van der Waals surface area (Å²) in [5, 5.41) is 8.05. The Balaban J connectivity index is 0.000000433. The summed E-state index contributed by atoms with van der Waals surface area (Å²) >= 11 is 1.36. The number of benzene rings is 5. The van der Waals surface area contributed by atoms with E-state index in [1.807, 2.05) is 0 Å². The van der Waals surface area contributed by atoms with Gasteiger partial charge < -0.3 is 14.9 Å². The maximum atomic E-state index is 3.06. The molecule has 256 valence electrons. The Morgan fingerprint density at radius 1 is 0.612 bits per heavy atom. The first-order chi connectivity index (χ1) is 21.6. The van der Waals surface area contributed by atoms with Crippen molar-refractivity contribution in [3.05, 3.63) is 158 Å². The van der Waals surface area contributed by atoms with Gasteiger partial charge in [-0.3, -0.25) is 0 Å². The molecule has 2 radical (unpaired) electrons. The van der Waals surface area contributed by atoms with E-state index in [1.165, 1.54) is 100 Å². The van der Waals surface area contributed by atoms with Gasteiger partial charge in [0.2, 0.25) is 0 Å². The first kappa shape index (κ1) is 44.3. The number of rotatable bonds is 3. The number of aryl methyl sites for hydroxylation is 2. The van der Waals surface area contributed by atoms with Crippen LogP contribution in [0.15, 0.2) is 121 Å². The molecule has 0 saturated heterocycles. The fraction of sp³-hybridized carbons (Fsp3) is 0.200. The summed E-state index contributed by atoms with van der Waals surface area (Å²) in [5.74, 6) is 0.567. The summed E-state index contributed by atoms with van der Waals surface area (Å²) in [5.41, 5.74) is 11.0. The normalized spacial score (nSPS) is 10.4. The maximum absolute atomic E-state index is 3.06. The van der Waals surface area contributed by atoms with Crippen molar-refractivity contribution < 1.29 is 23.3 Å². The zero-order chi connectivity index (χ0) is 32.3. The predicted molar refractivity (Wildman–Crippen MR) is 223 cm³/mol. The van der Waals surface area contributed by atoms with Crippen LogP contribution in [-0.4, -0.2) is 6.88 Å². The van der Waals surface area contributed by atoms with Gasteiger partial charge in [-0.25, -0.2) is 0 Å². The topological polar surface area (TPSA) is 0 Å². The van der Waals surface area contributed by atoms with Gasteiger partial charge in [0, 0.05) is 0 Å². The molecule has 0 unspecified atom stereocenters. The van der Waals surface area contributed by atoms with Gasteiger partial charge in [0.05, 0.1) is 0 Å². The van der Waals surface area contributed by atoms with Crippen LogP contribution in [0.4, 0.5) is 0 Å². The summed E-state index contributed by atoms with van der Waals surface area (Å²) in [6.45, 7) is 18.7. The molecule has 49 heavy (non-hydrogen) atoms. The standard InChI is InChI=1S/C22H19.C21H23.2CH3.2ClH.Si.Zr/c1-15(2)20-13-18-8-5-9-21(22(18)14-20)19-11-10-16-6-3-4-7-17(16)12-19;1-14-12-19-15(2)6-11-18(20(19)13-14)16-7-9-17(10-8-16)21(3,4)5;;;;;;/h3-15H,1-2H3;6-13H,1-5H3;2*1H3;2*1H;;/q4*-1;;;;. The first-order valence-corrected chi connectivity index (χ1v) is 20.0. The molecule has 0 heterocycles. The molecule has 7 rings (SSSR count). The minimum atomic E-state index is 0. The molecule has 0 nitrogen and oxygen atoms in total. The van der Waals surface area contributed by atoms with Crippen LogP contribution in [0.3, 0.4) is 0 Å². The zero-order valence-electron chi connectivity index (χ0n) is 30.4. The van der Waals surface area contributed by atoms with Crippen molar-refractivity contribution in [2.45, 2.75) is 59.8 Å². The van der Waals surface area contributed by atoms with E-state index in [9.17, 15) is 0 Å². The van der Waals surface area contributed by atoms with Crippen LogP contribution in [0, 0.1) is 28.7 Å². The Morgan fingerprint density at radius 3 is 1.86 bits per heavy atom. The molecule has 4 heteroatoms. The van der Waals surface area contributed by atoms with Crippen LogP contribution < -0.4 is 0 Å². The molecule has 0 atom stereocenters. The van der Waals surface area contributed by atoms with Gasteiger partial charge >= 0.3 is 30.2 Å². The van der Waals surface area contributed by atoms with E-state index in [0.29, 0.717) is 5.92 Å². The molecule has 0 bridgehead atoms. The second-order valence-electron chi connectivity index (χ2n) is 13.4. The van der Waals surface area contributed by atoms with Crippen LogP contribution in [-0.2, 0) is 28.8 Å². The Bertz CT molecular complexity index is 2070. The summed E-state index contributed by atoms with van der Waals surface area (Å²) in [6, 6.07) is 44.7. The summed E-state index contributed by atoms with van der Waals surface area (Å²) in [6.07, 6.45) is 0. The number of fused-ring (bicyclic) bond motifs is 3. The Hall–Kier alpha value is -2.74. The zero-order valence-corrected chi connectivity index (χ0v) is 35.5. The Labute approximate surface area is 325 Å². The fourth-order valence-electron chi connectivity index (χ4n) is 6.19. The molecular formula is C45H50Cl2SiZr-4. The minimum absolute atomic E-state index is 0. The fourth-order valence-corrected chi connectivity index (χ4v) is 6.19. The second kappa shape index (κ2) is 19.0. The van der Waals surface area contributed by atoms with E-state index in [0.717, 1.165) is 0 Å². The summed E-state index contributed by atoms with van der Waals surface area (Å²) < 4.78 is 0. The molecule has 0 aliphatic heterocycles. The van der Waals surface area contributed by atoms with Crippen LogP contribution >= 0.6 is 24.8 Å². The van der Waals surface area contributed by atoms with Gasteiger partial charge in [0.1, 0.15) is 0 Å². The average Bonchev–Trinajstić information content (AvgIpc) is 3.66. The monoisotopic (exact) mass is 778 g/mol. The first-order valence-electron chi connectivity index (χ1n) is 15.8.